The highest BCUT2D eigenvalue weighted by atomic mass is 35.5. The Morgan fingerprint density at radius 1 is 0.955 bits per heavy atom. The molecule has 7 heteroatoms. The highest BCUT2D eigenvalue weighted by molar-refractivity contribution is 5.85. The lowest BCUT2D eigenvalue weighted by Gasteiger charge is -2.41. The van der Waals surface area contributed by atoms with Crippen molar-refractivity contribution < 1.29 is 10.2 Å². The van der Waals surface area contributed by atoms with Gasteiger partial charge in [0.25, 0.3) is 0 Å². The average molecular weight is 350 g/mol. The molecule has 1 saturated heterocycles. The molecule has 1 aromatic carbocycles. The summed E-state index contributed by atoms with van der Waals surface area (Å²) in [5.74, 6) is 0. The molecule has 0 unspecified atom stereocenters. The number of anilines is 1. The Hall–Kier alpha value is -0.560. The van der Waals surface area contributed by atoms with Crippen LogP contribution in [0, 0.1) is 0 Å². The van der Waals surface area contributed by atoms with E-state index in [1.807, 2.05) is 6.07 Å². The Morgan fingerprint density at radius 2 is 1.55 bits per heavy atom. The second-order valence-electron chi connectivity index (χ2n) is 5.81. The molecule has 0 spiro atoms. The molecule has 2 fully saturated rings. The van der Waals surface area contributed by atoms with Gasteiger partial charge < -0.3 is 20.8 Å². The quantitative estimate of drug-likeness (QED) is 0.723. The average Bonchev–Trinajstić information content (AvgIpc) is 2.73. The second-order valence-corrected chi connectivity index (χ2v) is 5.81. The molecule has 1 heterocycles. The first-order valence-electron chi connectivity index (χ1n) is 7.32. The predicted molar refractivity (Wildman–Crippen MR) is 93.1 cm³/mol. The van der Waals surface area contributed by atoms with E-state index in [4.69, 9.17) is 5.73 Å². The Labute approximate surface area is 143 Å². The molecule has 0 aromatic heterocycles. The van der Waals surface area contributed by atoms with Crippen LogP contribution in [0.25, 0.3) is 0 Å². The summed E-state index contributed by atoms with van der Waals surface area (Å²) in [6.07, 6.45) is -0.902. The monoisotopic (exact) mass is 349 g/mol. The zero-order chi connectivity index (χ0) is 14.1. The molecule has 0 bridgehead atoms. The highest BCUT2D eigenvalue weighted by Crippen LogP contribution is 2.26. The summed E-state index contributed by atoms with van der Waals surface area (Å²) in [5.41, 5.74) is 7.30. The van der Waals surface area contributed by atoms with Crippen LogP contribution in [0.4, 0.5) is 5.69 Å². The van der Waals surface area contributed by atoms with E-state index < -0.39 is 12.2 Å². The Bertz CT molecular complexity index is 444. The van der Waals surface area contributed by atoms with Gasteiger partial charge in [-0.05, 0) is 18.6 Å². The zero-order valence-electron chi connectivity index (χ0n) is 12.4. The fourth-order valence-corrected chi connectivity index (χ4v) is 3.44. The lowest BCUT2D eigenvalue weighted by atomic mass is 10.1. The molecule has 1 saturated carbocycles. The summed E-state index contributed by atoms with van der Waals surface area (Å²) in [6, 6.07) is 10.1. The molecule has 1 aliphatic carbocycles. The van der Waals surface area contributed by atoms with Crippen LogP contribution in [0.3, 0.4) is 0 Å². The van der Waals surface area contributed by atoms with Gasteiger partial charge in [-0.15, -0.1) is 24.8 Å². The molecule has 1 aliphatic heterocycles. The number of hydrogen-bond donors (Lipinski definition) is 3. The van der Waals surface area contributed by atoms with E-state index in [1.165, 1.54) is 5.69 Å². The van der Waals surface area contributed by atoms with Crippen LogP contribution in [-0.2, 0) is 0 Å². The van der Waals surface area contributed by atoms with Crippen molar-refractivity contribution in [2.75, 3.05) is 31.1 Å². The van der Waals surface area contributed by atoms with Gasteiger partial charge in [0.15, 0.2) is 0 Å². The Balaban J connectivity index is 0.00000121. The van der Waals surface area contributed by atoms with Crippen molar-refractivity contribution in [3.8, 4) is 0 Å². The van der Waals surface area contributed by atoms with Crippen molar-refractivity contribution in [2.45, 2.75) is 30.7 Å². The number of halogens is 2. The minimum atomic E-state index is -0.715. The van der Waals surface area contributed by atoms with Crippen LogP contribution in [-0.4, -0.2) is 65.6 Å². The normalized spacial score (nSPS) is 32.2. The first-order valence-corrected chi connectivity index (χ1v) is 7.32. The molecular weight excluding hydrogens is 325 g/mol. The lowest BCUT2D eigenvalue weighted by Crippen LogP contribution is -2.57. The third kappa shape index (κ3) is 3.85. The fourth-order valence-electron chi connectivity index (χ4n) is 3.44. The van der Waals surface area contributed by atoms with Crippen LogP contribution >= 0.6 is 24.8 Å². The van der Waals surface area contributed by atoms with Crippen LogP contribution < -0.4 is 10.6 Å². The third-order valence-corrected chi connectivity index (χ3v) is 4.55. The van der Waals surface area contributed by atoms with Crippen molar-refractivity contribution in [3.63, 3.8) is 0 Å². The fraction of sp³-hybridized carbons (Fsp3) is 0.600. The van der Waals surface area contributed by atoms with Crippen molar-refractivity contribution >= 4 is 30.5 Å². The van der Waals surface area contributed by atoms with Crippen molar-refractivity contribution in [3.05, 3.63) is 30.3 Å². The molecular formula is C15H25Cl2N3O2. The van der Waals surface area contributed by atoms with Gasteiger partial charge in [0.1, 0.15) is 0 Å². The smallest absolute Gasteiger partial charge is 0.0969 e. The standard InChI is InChI=1S/C15H23N3O2.2ClH/c16-12-10-13(19)15(20)14(12)18-8-6-17(7-9-18)11-4-2-1-3-5-11;;/h1-5,12-15,19-20H,6-10,16H2;2*1H/t12-,13+,14+,15+;;/m1../s1. The van der Waals surface area contributed by atoms with Crippen LogP contribution in [0.15, 0.2) is 30.3 Å². The van der Waals surface area contributed by atoms with E-state index >= 15 is 0 Å². The number of piperazine rings is 1. The van der Waals surface area contributed by atoms with Crippen molar-refractivity contribution in [1.82, 2.24) is 4.90 Å². The van der Waals surface area contributed by atoms with Crippen LogP contribution in [0.2, 0.25) is 0 Å². The SMILES string of the molecule is Cl.Cl.N[C@@H]1C[C@H](O)[C@H](O)[C@H]1N1CCN(c2ccccc2)CC1. The Morgan fingerprint density at radius 3 is 2.05 bits per heavy atom. The number of para-hydroxylation sites is 1. The Kier molecular flexibility index (Phi) is 7.38. The molecule has 5 nitrogen and oxygen atoms in total. The number of aliphatic hydroxyl groups excluding tert-OH is 2. The van der Waals surface area contributed by atoms with Gasteiger partial charge >= 0.3 is 0 Å². The summed E-state index contributed by atoms with van der Waals surface area (Å²) in [7, 11) is 0. The van der Waals surface area contributed by atoms with Gasteiger partial charge in [-0.25, -0.2) is 0 Å². The first-order chi connectivity index (χ1) is 9.66. The number of hydrogen-bond acceptors (Lipinski definition) is 5. The van der Waals surface area contributed by atoms with E-state index in [2.05, 4.69) is 34.1 Å². The summed E-state index contributed by atoms with van der Waals surface area (Å²) in [6.45, 7) is 3.60. The molecule has 3 rings (SSSR count). The number of benzene rings is 1. The van der Waals surface area contributed by atoms with E-state index in [-0.39, 0.29) is 36.9 Å². The van der Waals surface area contributed by atoms with E-state index in [9.17, 15) is 10.2 Å². The zero-order valence-corrected chi connectivity index (χ0v) is 14.0. The largest absolute Gasteiger partial charge is 0.390 e. The highest BCUT2D eigenvalue weighted by Gasteiger charge is 2.43. The minimum absolute atomic E-state index is 0. The summed E-state index contributed by atoms with van der Waals surface area (Å²) in [4.78, 5) is 4.57. The molecule has 1 aromatic rings. The molecule has 126 valence electrons. The minimum Gasteiger partial charge on any atom is -0.390 e. The van der Waals surface area contributed by atoms with Crippen molar-refractivity contribution in [2.24, 2.45) is 5.73 Å². The number of nitrogens with zero attached hydrogens (tertiary/aromatic N) is 2. The number of nitrogens with two attached hydrogens (primary N) is 1. The van der Waals surface area contributed by atoms with E-state index in [1.54, 1.807) is 0 Å². The maximum Gasteiger partial charge on any atom is 0.0969 e. The van der Waals surface area contributed by atoms with Crippen LogP contribution in [0.1, 0.15) is 6.42 Å². The first kappa shape index (κ1) is 19.5. The molecule has 22 heavy (non-hydrogen) atoms. The number of rotatable bonds is 2. The molecule has 0 amide bonds. The maximum absolute atomic E-state index is 10.1. The molecule has 2 aliphatic rings. The van der Waals surface area contributed by atoms with Gasteiger partial charge in [0.05, 0.1) is 18.2 Å². The second kappa shape index (κ2) is 8.34. The summed E-state index contributed by atoms with van der Waals surface area (Å²) >= 11 is 0. The van der Waals surface area contributed by atoms with E-state index in [0.717, 1.165) is 26.2 Å². The van der Waals surface area contributed by atoms with Crippen molar-refractivity contribution in [1.29, 1.82) is 0 Å². The summed E-state index contributed by atoms with van der Waals surface area (Å²) < 4.78 is 0. The molecule has 4 N–H and O–H groups in total. The van der Waals surface area contributed by atoms with Gasteiger partial charge in [0.2, 0.25) is 0 Å². The van der Waals surface area contributed by atoms with E-state index in [0.29, 0.717) is 6.42 Å². The molecule has 4 atom stereocenters. The lowest BCUT2D eigenvalue weighted by molar-refractivity contribution is -0.00347. The van der Waals surface area contributed by atoms with Gasteiger partial charge in [0, 0.05) is 37.9 Å². The van der Waals surface area contributed by atoms with Gasteiger partial charge in [-0.1, -0.05) is 18.2 Å². The predicted octanol–water partition coefficient (Wildman–Crippen LogP) is 0.474. The maximum atomic E-state index is 10.1. The third-order valence-electron chi connectivity index (χ3n) is 4.55. The number of aliphatic hydroxyl groups is 2. The topological polar surface area (TPSA) is 73.0 Å². The summed E-state index contributed by atoms with van der Waals surface area (Å²) in [5, 5.41) is 19.8. The molecule has 0 radical (unpaired) electrons. The van der Waals surface area contributed by atoms with Gasteiger partial charge in [-0.2, -0.15) is 0 Å². The van der Waals surface area contributed by atoms with Gasteiger partial charge in [-0.3, -0.25) is 4.90 Å². The van der Waals surface area contributed by atoms with Crippen LogP contribution in [0.5, 0.6) is 0 Å².